The minimum atomic E-state index is 0.170. The van der Waals surface area contributed by atoms with Gasteiger partial charge in [0, 0.05) is 28.9 Å². The number of nitrogens with one attached hydrogen (secondary N) is 1. The molecule has 0 bridgehead atoms. The van der Waals surface area contributed by atoms with Gasteiger partial charge in [0.25, 0.3) is 0 Å². The van der Waals surface area contributed by atoms with Crippen LogP contribution in [0.5, 0.6) is 0 Å². The van der Waals surface area contributed by atoms with Crippen LogP contribution in [-0.2, 0) is 6.42 Å². The Hall–Kier alpha value is -1.19. The van der Waals surface area contributed by atoms with Crippen molar-refractivity contribution in [2.75, 3.05) is 6.54 Å². The van der Waals surface area contributed by atoms with Gasteiger partial charge in [-0.25, -0.2) is 4.98 Å². The second kappa shape index (κ2) is 6.29. The normalized spacial score (nSPS) is 11.9. The summed E-state index contributed by atoms with van der Waals surface area (Å²) < 4.78 is 0. The fourth-order valence-corrected chi connectivity index (χ4v) is 3.21. The summed E-state index contributed by atoms with van der Waals surface area (Å²) in [4.78, 5) is 6.16. The molecule has 21 heavy (non-hydrogen) atoms. The predicted molar refractivity (Wildman–Crippen MR) is 93.2 cm³/mol. The standard InChI is InChI=1S/C18H26N2S/c1-12-7-8-15(11-13(12)2)17-14(3)21-16(20-17)9-10-19-18(4,5)6/h7-8,11,19H,9-10H2,1-6H3. The van der Waals surface area contributed by atoms with Gasteiger partial charge in [-0.15, -0.1) is 11.3 Å². The van der Waals surface area contributed by atoms with Gasteiger partial charge in [0.05, 0.1) is 10.7 Å². The second-order valence-electron chi connectivity index (χ2n) is 6.74. The highest BCUT2D eigenvalue weighted by Gasteiger charge is 2.12. The quantitative estimate of drug-likeness (QED) is 0.888. The van der Waals surface area contributed by atoms with Gasteiger partial charge < -0.3 is 5.32 Å². The third-order valence-electron chi connectivity index (χ3n) is 3.62. The summed E-state index contributed by atoms with van der Waals surface area (Å²) in [5.74, 6) is 0. The molecular formula is C18H26N2S. The van der Waals surface area contributed by atoms with Crippen LogP contribution in [0.2, 0.25) is 0 Å². The Morgan fingerprint density at radius 2 is 1.81 bits per heavy atom. The predicted octanol–water partition coefficient (Wildman–Crippen LogP) is 4.67. The molecule has 0 aliphatic rings. The van der Waals surface area contributed by atoms with E-state index in [0.717, 1.165) is 18.7 Å². The lowest BCUT2D eigenvalue weighted by Gasteiger charge is -2.19. The fraction of sp³-hybridized carbons (Fsp3) is 0.500. The SMILES string of the molecule is Cc1ccc(-c2nc(CCNC(C)(C)C)sc2C)cc1C. The molecule has 1 N–H and O–H groups in total. The lowest BCUT2D eigenvalue weighted by molar-refractivity contribution is 0.429. The van der Waals surface area contributed by atoms with Crippen LogP contribution in [0.4, 0.5) is 0 Å². The molecule has 2 rings (SSSR count). The van der Waals surface area contributed by atoms with E-state index < -0.39 is 0 Å². The van der Waals surface area contributed by atoms with Crippen molar-refractivity contribution in [1.29, 1.82) is 0 Å². The maximum Gasteiger partial charge on any atom is 0.0948 e. The van der Waals surface area contributed by atoms with Gasteiger partial charge in [-0.2, -0.15) is 0 Å². The van der Waals surface area contributed by atoms with E-state index in [1.54, 1.807) is 0 Å². The van der Waals surface area contributed by atoms with Crippen LogP contribution >= 0.6 is 11.3 Å². The molecule has 3 heteroatoms. The number of hydrogen-bond donors (Lipinski definition) is 1. The van der Waals surface area contributed by atoms with Crippen LogP contribution in [0.1, 0.15) is 41.8 Å². The Morgan fingerprint density at radius 1 is 1.10 bits per heavy atom. The molecule has 0 saturated carbocycles. The first-order chi connectivity index (χ1) is 9.76. The molecule has 114 valence electrons. The van der Waals surface area contributed by atoms with Crippen molar-refractivity contribution in [3.63, 3.8) is 0 Å². The van der Waals surface area contributed by atoms with Crippen molar-refractivity contribution in [3.05, 3.63) is 39.2 Å². The molecule has 1 heterocycles. The summed E-state index contributed by atoms with van der Waals surface area (Å²) in [7, 11) is 0. The van der Waals surface area contributed by atoms with Crippen LogP contribution in [0, 0.1) is 20.8 Å². The first-order valence-electron chi connectivity index (χ1n) is 7.55. The zero-order valence-corrected chi connectivity index (χ0v) is 14.8. The van der Waals surface area contributed by atoms with Crippen LogP contribution in [0.25, 0.3) is 11.3 Å². The fourth-order valence-electron chi connectivity index (χ4n) is 2.26. The van der Waals surface area contributed by atoms with Gasteiger partial charge in [-0.3, -0.25) is 0 Å². The van der Waals surface area contributed by atoms with E-state index in [9.17, 15) is 0 Å². The van der Waals surface area contributed by atoms with Gasteiger partial charge in [0.1, 0.15) is 0 Å². The van der Waals surface area contributed by atoms with Crippen LogP contribution < -0.4 is 5.32 Å². The van der Waals surface area contributed by atoms with Crippen molar-refractivity contribution in [2.24, 2.45) is 0 Å². The molecule has 0 amide bonds. The van der Waals surface area contributed by atoms with Crippen molar-refractivity contribution in [3.8, 4) is 11.3 Å². The smallest absolute Gasteiger partial charge is 0.0948 e. The molecule has 1 aromatic heterocycles. The number of hydrogen-bond acceptors (Lipinski definition) is 3. The average Bonchev–Trinajstić information content (AvgIpc) is 2.72. The number of thiazole rings is 1. The maximum absolute atomic E-state index is 4.85. The lowest BCUT2D eigenvalue weighted by atomic mass is 10.0. The van der Waals surface area contributed by atoms with E-state index in [1.807, 2.05) is 11.3 Å². The molecule has 0 fully saturated rings. The molecule has 0 saturated heterocycles. The highest BCUT2D eigenvalue weighted by molar-refractivity contribution is 7.12. The Balaban J connectivity index is 2.13. The minimum Gasteiger partial charge on any atom is -0.312 e. The zero-order chi connectivity index (χ0) is 15.6. The topological polar surface area (TPSA) is 24.9 Å². The van der Waals surface area contributed by atoms with Crippen LogP contribution in [0.15, 0.2) is 18.2 Å². The van der Waals surface area contributed by atoms with Gasteiger partial charge >= 0.3 is 0 Å². The molecule has 0 aliphatic carbocycles. The third kappa shape index (κ3) is 4.39. The molecule has 0 atom stereocenters. The van der Waals surface area contributed by atoms with E-state index in [1.165, 1.54) is 26.6 Å². The molecule has 2 nitrogen and oxygen atoms in total. The summed E-state index contributed by atoms with van der Waals surface area (Å²) in [5.41, 5.74) is 5.22. The van der Waals surface area contributed by atoms with Crippen molar-refractivity contribution < 1.29 is 0 Å². The lowest BCUT2D eigenvalue weighted by Crippen LogP contribution is -2.37. The van der Waals surface area contributed by atoms with Gasteiger partial charge in [0.2, 0.25) is 0 Å². The van der Waals surface area contributed by atoms with E-state index in [0.29, 0.717) is 0 Å². The average molecular weight is 302 g/mol. The monoisotopic (exact) mass is 302 g/mol. The molecule has 1 aromatic carbocycles. The summed E-state index contributed by atoms with van der Waals surface area (Å²) in [5, 5.41) is 4.74. The van der Waals surface area contributed by atoms with E-state index >= 15 is 0 Å². The first kappa shape index (κ1) is 16.2. The maximum atomic E-state index is 4.85. The Bertz CT molecular complexity index is 621. The number of rotatable bonds is 4. The Morgan fingerprint density at radius 3 is 2.43 bits per heavy atom. The Kier molecular flexibility index (Phi) is 4.84. The van der Waals surface area contributed by atoms with Crippen molar-refractivity contribution in [1.82, 2.24) is 10.3 Å². The molecule has 0 spiro atoms. The largest absolute Gasteiger partial charge is 0.312 e. The number of aryl methyl sites for hydroxylation is 3. The molecule has 2 aromatic rings. The van der Waals surface area contributed by atoms with Gasteiger partial charge in [0.15, 0.2) is 0 Å². The molecule has 0 radical (unpaired) electrons. The number of benzene rings is 1. The van der Waals surface area contributed by atoms with Crippen molar-refractivity contribution in [2.45, 2.75) is 53.5 Å². The molecule has 0 aliphatic heterocycles. The third-order valence-corrected chi connectivity index (χ3v) is 4.65. The van der Waals surface area contributed by atoms with Crippen LogP contribution in [0.3, 0.4) is 0 Å². The summed E-state index contributed by atoms with van der Waals surface area (Å²) >= 11 is 1.82. The van der Waals surface area contributed by atoms with Crippen LogP contribution in [-0.4, -0.2) is 17.1 Å². The van der Waals surface area contributed by atoms with E-state index in [4.69, 9.17) is 4.98 Å². The number of aromatic nitrogens is 1. The van der Waals surface area contributed by atoms with Crippen molar-refractivity contribution >= 4 is 11.3 Å². The second-order valence-corrected chi connectivity index (χ2v) is 8.03. The summed E-state index contributed by atoms with van der Waals surface area (Å²) in [6.45, 7) is 14.0. The highest BCUT2D eigenvalue weighted by Crippen LogP contribution is 2.29. The highest BCUT2D eigenvalue weighted by atomic mass is 32.1. The van der Waals surface area contributed by atoms with Gasteiger partial charge in [-0.05, 0) is 58.7 Å². The summed E-state index contributed by atoms with van der Waals surface area (Å²) in [6.07, 6.45) is 0.994. The molecular weight excluding hydrogens is 276 g/mol. The van der Waals surface area contributed by atoms with E-state index in [2.05, 4.69) is 65.1 Å². The van der Waals surface area contributed by atoms with E-state index in [-0.39, 0.29) is 5.54 Å². The van der Waals surface area contributed by atoms with Gasteiger partial charge in [-0.1, -0.05) is 12.1 Å². The Labute approximate surface area is 132 Å². The molecule has 0 unspecified atom stereocenters. The minimum absolute atomic E-state index is 0.170. The number of nitrogens with zero attached hydrogens (tertiary/aromatic N) is 1. The first-order valence-corrected chi connectivity index (χ1v) is 8.37. The zero-order valence-electron chi connectivity index (χ0n) is 14.0. The summed E-state index contributed by atoms with van der Waals surface area (Å²) in [6, 6.07) is 6.61.